The van der Waals surface area contributed by atoms with Crippen LogP contribution >= 0.6 is 11.6 Å². The van der Waals surface area contributed by atoms with Crippen LogP contribution in [0.25, 0.3) is 11.3 Å². The average Bonchev–Trinajstić information content (AvgIpc) is 3.02. The Morgan fingerprint density at radius 2 is 2.06 bits per heavy atom. The van der Waals surface area contributed by atoms with Crippen molar-refractivity contribution in [1.29, 1.82) is 0 Å². The van der Waals surface area contributed by atoms with E-state index in [-0.39, 0.29) is 11.8 Å². The first kappa shape index (κ1) is 11.4. The highest BCUT2D eigenvalue weighted by atomic mass is 35.5. The third-order valence-corrected chi connectivity index (χ3v) is 3.57. The number of benzene rings is 1. The van der Waals surface area contributed by atoms with E-state index in [1.54, 1.807) is 6.07 Å². The van der Waals surface area contributed by atoms with Crippen molar-refractivity contribution < 1.29 is 14.3 Å². The van der Waals surface area contributed by atoms with Crippen molar-refractivity contribution in [2.24, 2.45) is 5.92 Å². The Morgan fingerprint density at radius 1 is 1.28 bits per heavy atom. The maximum Gasteiger partial charge on any atom is 0.307 e. The summed E-state index contributed by atoms with van der Waals surface area (Å²) >= 11 is 6.09. The molecule has 1 heterocycles. The van der Waals surface area contributed by atoms with Crippen LogP contribution in [0.2, 0.25) is 5.02 Å². The fraction of sp³-hybridized carbons (Fsp3) is 0.214. The van der Waals surface area contributed by atoms with Crippen molar-refractivity contribution in [3.63, 3.8) is 0 Å². The molecule has 1 aromatic carbocycles. The maximum absolute atomic E-state index is 10.8. The van der Waals surface area contributed by atoms with Crippen LogP contribution in [0.15, 0.2) is 40.8 Å². The van der Waals surface area contributed by atoms with Gasteiger partial charge >= 0.3 is 5.97 Å². The summed E-state index contributed by atoms with van der Waals surface area (Å²) < 4.78 is 5.71. The molecule has 0 amide bonds. The molecule has 1 saturated carbocycles. The molecule has 0 spiro atoms. The van der Waals surface area contributed by atoms with Gasteiger partial charge in [-0.1, -0.05) is 23.7 Å². The van der Waals surface area contributed by atoms with Crippen LogP contribution in [0.3, 0.4) is 0 Å². The molecule has 4 heteroatoms. The van der Waals surface area contributed by atoms with E-state index < -0.39 is 5.97 Å². The molecule has 1 fully saturated rings. The van der Waals surface area contributed by atoms with Gasteiger partial charge in [0.1, 0.15) is 11.5 Å². The van der Waals surface area contributed by atoms with Crippen LogP contribution in [0.4, 0.5) is 0 Å². The lowest BCUT2D eigenvalue weighted by molar-refractivity contribution is -0.138. The van der Waals surface area contributed by atoms with Gasteiger partial charge in [-0.05, 0) is 30.7 Å². The van der Waals surface area contributed by atoms with Crippen LogP contribution in [0.1, 0.15) is 18.1 Å². The van der Waals surface area contributed by atoms with Gasteiger partial charge in [0, 0.05) is 11.5 Å². The molecule has 92 valence electrons. The highest BCUT2D eigenvalue weighted by Gasteiger charge is 2.46. The predicted octanol–water partition coefficient (Wildman–Crippen LogP) is 3.79. The summed E-state index contributed by atoms with van der Waals surface area (Å²) in [5.74, 6) is 0.383. The van der Waals surface area contributed by atoms with Crippen molar-refractivity contribution >= 4 is 17.6 Å². The van der Waals surface area contributed by atoms with Crippen LogP contribution in [-0.4, -0.2) is 11.1 Å². The first-order valence-corrected chi connectivity index (χ1v) is 6.12. The summed E-state index contributed by atoms with van der Waals surface area (Å²) in [5, 5.41) is 9.52. The molecule has 1 aliphatic rings. The lowest BCUT2D eigenvalue weighted by Gasteiger charge is -1.99. The molecule has 2 atom stereocenters. The number of hydrogen-bond donors (Lipinski definition) is 1. The monoisotopic (exact) mass is 262 g/mol. The Hall–Kier alpha value is -1.74. The normalized spacial score (nSPS) is 21.8. The van der Waals surface area contributed by atoms with E-state index >= 15 is 0 Å². The van der Waals surface area contributed by atoms with Gasteiger partial charge in [-0.3, -0.25) is 4.79 Å². The Morgan fingerprint density at radius 3 is 2.72 bits per heavy atom. The third kappa shape index (κ3) is 1.91. The number of halogens is 1. The molecular formula is C14H11ClO3. The van der Waals surface area contributed by atoms with E-state index in [0.717, 1.165) is 11.3 Å². The second-order valence-corrected chi connectivity index (χ2v) is 4.88. The highest BCUT2D eigenvalue weighted by Crippen LogP contribution is 2.48. The SMILES string of the molecule is O=C(O)[C@@H]1C[C@H]1c1ccc(-c2ccccc2Cl)o1. The summed E-state index contributed by atoms with van der Waals surface area (Å²) in [6.07, 6.45) is 0.658. The van der Waals surface area contributed by atoms with E-state index in [2.05, 4.69) is 0 Å². The van der Waals surface area contributed by atoms with E-state index in [1.165, 1.54) is 0 Å². The van der Waals surface area contributed by atoms with Crippen molar-refractivity contribution in [2.45, 2.75) is 12.3 Å². The Kier molecular flexibility index (Phi) is 2.63. The molecule has 0 aliphatic heterocycles. The quantitative estimate of drug-likeness (QED) is 0.916. The summed E-state index contributed by atoms with van der Waals surface area (Å²) in [6, 6.07) is 11.1. The second kappa shape index (κ2) is 4.18. The third-order valence-electron chi connectivity index (χ3n) is 3.24. The topological polar surface area (TPSA) is 50.4 Å². The summed E-state index contributed by atoms with van der Waals surface area (Å²) in [6.45, 7) is 0. The number of carboxylic acid groups (broad SMARTS) is 1. The molecule has 2 aromatic rings. The number of carbonyl (C=O) groups is 1. The van der Waals surface area contributed by atoms with Crippen molar-refractivity contribution in [3.05, 3.63) is 47.2 Å². The minimum atomic E-state index is -0.754. The Balaban J connectivity index is 1.87. The number of rotatable bonds is 3. The second-order valence-electron chi connectivity index (χ2n) is 4.47. The van der Waals surface area contributed by atoms with Crippen LogP contribution in [0.5, 0.6) is 0 Å². The average molecular weight is 263 g/mol. The smallest absolute Gasteiger partial charge is 0.307 e. The highest BCUT2D eigenvalue weighted by molar-refractivity contribution is 6.33. The van der Waals surface area contributed by atoms with E-state index in [0.29, 0.717) is 17.2 Å². The number of aliphatic carboxylic acids is 1. The zero-order valence-corrected chi connectivity index (χ0v) is 10.2. The molecule has 0 saturated heterocycles. The number of furan rings is 1. The molecule has 3 rings (SSSR count). The first-order chi connectivity index (χ1) is 8.66. The summed E-state index contributed by atoms with van der Waals surface area (Å²) in [4.78, 5) is 10.8. The van der Waals surface area contributed by atoms with Crippen LogP contribution in [-0.2, 0) is 4.79 Å². The van der Waals surface area contributed by atoms with Crippen molar-refractivity contribution in [3.8, 4) is 11.3 Å². The Bertz CT molecular complexity index is 603. The summed E-state index contributed by atoms with van der Waals surface area (Å²) in [7, 11) is 0. The zero-order valence-electron chi connectivity index (χ0n) is 9.47. The van der Waals surface area contributed by atoms with Gasteiger partial charge in [0.05, 0.1) is 10.9 Å². The molecule has 0 bridgehead atoms. The van der Waals surface area contributed by atoms with E-state index in [4.69, 9.17) is 21.1 Å². The predicted molar refractivity (Wildman–Crippen MR) is 67.6 cm³/mol. The molecule has 1 aliphatic carbocycles. The molecule has 0 unspecified atom stereocenters. The van der Waals surface area contributed by atoms with E-state index in [1.807, 2.05) is 30.3 Å². The molecule has 1 aromatic heterocycles. The van der Waals surface area contributed by atoms with Crippen LogP contribution in [0, 0.1) is 5.92 Å². The lowest BCUT2D eigenvalue weighted by atomic mass is 10.2. The van der Waals surface area contributed by atoms with Gasteiger partial charge in [0.2, 0.25) is 0 Å². The fourth-order valence-corrected chi connectivity index (χ4v) is 2.37. The van der Waals surface area contributed by atoms with Gasteiger partial charge in [-0.25, -0.2) is 0 Å². The number of carboxylic acids is 1. The van der Waals surface area contributed by atoms with Gasteiger partial charge < -0.3 is 9.52 Å². The molecule has 0 radical (unpaired) electrons. The minimum absolute atomic E-state index is 0.0127. The largest absolute Gasteiger partial charge is 0.481 e. The minimum Gasteiger partial charge on any atom is -0.481 e. The van der Waals surface area contributed by atoms with Gasteiger partial charge in [-0.2, -0.15) is 0 Å². The summed E-state index contributed by atoms with van der Waals surface area (Å²) in [5.41, 5.74) is 0.831. The lowest BCUT2D eigenvalue weighted by Crippen LogP contribution is -1.98. The maximum atomic E-state index is 10.8. The zero-order chi connectivity index (χ0) is 12.7. The van der Waals surface area contributed by atoms with Gasteiger partial charge in [0.25, 0.3) is 0 Å². The standard InChI is InChI=1S/C14H11ClO3/c15-11-4-2-1-3-8(11)12-5-6-13(18-12)9-7-10(9)14(16)17/h1-6,9-10H,7H2,(H,16,17)/t9-,10-/m1/s1. The Labute approximate surface area is 109 Å². The molecular weight excluding hydrogens is 252 g/mol. The van der Waals surface area contributed by atoms with Gasteiger partial charge in [0.15, 0.2) is 0 Å². The van der Waals surface area contributed by atoms with Crippen molar-refractivity contribution in [1.82, 2.24) is 0 Å². The molecule has 1 N–H and O–H groups in total. The fourth-order valence-electron chi connectivity index (χ4n) is 2.14. The van der Waals surface area contributed by atoms with E-state index in [9.17, 15) is 4.79 Å². The molecule has 3 nitrogen and oxygen atoms in total. The number of hydrogen-bond acceptors (Lipinski definition) is 2. The molecule has 18 heavy (non-hydrogen) atoms. The first-order valence-electron chi connectivity index (χ1n) is 5.74. The van der Waals surface area contributed by atoms with Gasteiger partial charge in [-0.15, -0.1) is 0 Å². The van der Waals surface area contributed by atoms with Crippen molar-refractivity contribution in [2.75, 3.05) is 0 Å². The van der Waals surface area contributed by atoms with Crippen LogP contribution < -0.4 is 0 Å².